The molecular weight excluding hydrogens is 384 g/mol. The number of hydrogen-bond donors (Lipinski definition) is 0. The van der Waals surface area contributed by atoms with Crippen molar-refractivity contribution in [3.8, 4) is 0 Å². The minimum atomic E-state index is -0.186. The smallest absolute Gasteiger partial charge is 0.200 e. The number of benzene rings is 2. The van der Waals surface area contributed by atoms with E-state index in [1.807, 2.05) is 50.5 Å². The van der Waals surface area contributed by atoms with Gasteiger partial charge in [0.25, 0.3) is 0 Å². The Morgan fingerprint density at radius 2 is 1.42 bits per heavy atom. The molecule has 3 aromatic carbocycles. The largest absolute Gasteiger partial charge is 0.367 e. The zero-order valence-corrected chi connectivity index (χ0v) is 18.3. The second-order valence-electron chi connectivity index (χ2n) is 9.13. The Labute approximate surface area is 181 Å². The van der Waals surface area contributed by atoms with Crippen LogP contribution >= 0.6 is 0 Å². The molecule has 0 bridgehead atoms. The van der Waals surface area contributed by atoms with E-state index in [9.17, 15) is 9.59 Å². The SMILES string of the molecule is CN1c2ccccc2C=CC1C=c1c(=O)c(=CC2N(C)c3ccccc3C2(C)C)c1=O. The predicted molar refractivity (Wildman–Crippen MR) is 129 cm³/mol. The summed E-state index contributed by atoms with van der Waals surface area (Å²) in [6.07, 6.45) is 7.75. The Balaban J connectivity index is 1.53. The van der Waals surface area contributed by atoms with Crippen LogP contribution in [0.3, 0.4) is 0 Å². The zero-order valence-electron chi connectivity index (χ0n) is 18.3. The van der Waals surface area contributed by atoms with Crippen LogP contribution in [-0.4, -0.2) is 26.2 Å². The van der Waals surface area contributed by atoms with Gasteiger partial charge in [0.1, 0.15) is 0 Å². The number of para-hydroxylation sites is 2. The molecule has 0 N–H and O–H groups in total. The fourth-order valence-electron chi connectivity index (χ4n) is 5.11. The molecule has 0 spiro atoms. The highest BCUT2D eigenvalue weighted by Crippen LogP contribution is 2.44. The van der Waals surface area contributed by atoms with Gasteiger partial charge in [-0.1, -0.05) is 62.4 Å². The van der Waals surface area contributed by atoms with Gasteiger partial charge >= 0.3 is 0 Å². The summed E-state index contributed by atoms with van der Waals surface area (Å²) < 4.78 is 0. The Bertz CT molecular complexity index is 1370. The highest BCUT2D eigenvalue weighted by Gasteiger charge is 2.41. The summed E-state index contributed by atoms with van der Waals surface area (Å²) >= 11 is 0. The molecule has 0 radical (unpaired) electrons. The molecule has 0 fully saturated rings. The van der Waals surface area contributed by atoms with Gasteiger partial charge in [0.05, 0.1) is 22.5 Å². The van der Waals surface area contributed by atoms with Crippen LogP contribution in [0.1, 0.15) is 25.0 Å². The number of fused-ring (bicyclic) bond motifs is 2. The van der Waals surface area contributed by atoms with E-state index in [1.54, 1.807) is 6.08 Å². The quantitative estimate of drug-likeness (QED) is 0.649. The van der Waals surface area contributed by atoms with Gasteiger partial charge < -0.3 is 9.80 Å². The monoisotopic (exact) mass is 410 g/mol. The van der Waals surface area contributed by atoms with Gasteiger partial charge in [-0.25, -0.2) is 0 Å². The molecule has 2 atom stereocenters. The van der Waals surface area contributed by atoms with E-state index >= 15 is 0 Å². The molecule has 0 saturated carbocycles. The lowest BCUT2D eigenvalue weighted by molar-refractivity contribution is 0.504. The van der Waals surface area contributed by atoms with Crippen LogP contribution in [0.25, 0.3) is 18.2 Å². The van der Waals surface area contributed by atoms with Crippen molar-refractivity contribution in [2.45, 2.75) is 31.3 Å². The maximum atomic E-state index is 13.0. The Hall–Kier alpha value is -3.40. The number of anilines is 2. The van der Waals surface area contributed by atoms with E-state index in [2.05, 4.69) is 54.0 Å². The first-order chi connectivity index (χ1) is 14.8. The maximum absolute atomic E-state index is 13.0. The van der Waals surface area contributed by atoms with Gasteiger partial charge in [-0.15, -0.1) is 0 Å². The highest BCUT2D eigenvalue weighted by molar-refractivity contribution is 5.74. The van der Waals surface area contributed by atoms with Crippen LogP contribution in [0, 0.1) is 0 Å². The summed E-state index contributed by atoms with van der Waals surface area (Å²) in [5, 5.41) is 0.606. The van der Waals surface area contributed by atoms with E-state index in [1.165, 1.54) is 5.56 Å². The van der Waals surface area contributed by atoms with Crippen LogP contribution < -0.4 is 31.1 Å². The van der Waals surface area contributed by atoms with Crippen LogP contribution in [0.4, 0.5) is 11.4 Å². The Morgan fingerprint density at radius 3 is 2.13 bits per heavy atom. The Kier molecular flexibility index (Phi) is 4.30. The summed E-state index contributed by atoms with van der Waals surface area (Å²) in [5.74, 6) is 0. The van der Waals surface area contributed by atoms with Crippen molar-refractivity contribution in [3.63, 3.8) is 0 Å². The van der Waals surface area contributed by atoms with Crippen molar-refractivity contribution in [3.05, 3.63) is 96.6 Å². The van der Waals surface area contributed by atoms with Gasteiger partial charge in [-0.05, 0) is 35.4 Å². The first kappa shape index (κ1) is 19.6. The Morgan fingerprint density at radius 1 is 0.806 bits per heavy atom. The fourth-order valence-corrected chi connectivity index (χ4v) is 5.11. The third-order valence-corrected chi connectivity index (χ3v) is 7.01. The lowest BCUT2D eigenvalue weighted by atomic mass is 9.80. The molecule has 2 unspecified atom stereocenters. The van der Waals surface area contributed by atoms with Crippen molar-refractivity contribution >= 4 is 29.6 Å². The molecule has 4 heteroatoms. The van der Waals surface area contributed by atoms with Crippen LogP contribution in [-0.2, 0) is 5.41 Å². The van der Waals surface area contributed by atoms with Gasteiger partial charge in [-0.2, -0.15) is 0 Å². The standard InChI is InChI=1S/C27H26N2O2/c1-27(2)21-10-6-8-12-23(21)29(4)24(27)16-20-25(30)19(26(20)31)15-18-14-13-17-9-5-7-11-22(17)28(18)3/h5-16,18,24H,1-4H3. The van der Waals surface area contributed by atoms with E-state index in [0.717, 1.165) is 16.9 Å². The number of rotatable bonds is 2. The van der Waals surface area contributed by atoms with Crippen molar-refractivity contribution < 1.29 is 0 Å². The average Bonchev–Trinajstić information content (AvgIpc) is 2.97. The molecule has 4 nitrogen and oxygen atoms in total. The molecule has 5 rings (SSSR count). The molecule has 0 saturated heterocycles. The first-order valence-corrected chi connectivity index (χ1v) is 10.7. The second kappa shape index (κ2) is 6.81. The van der Waals surface area contributed by atoms with Crippen LogP contribution in [0.15, 0.2) is 64.2 Å². The zero-order chi connectivity index (χ0) is 21.9. The van der Waals surface area contributed by atoms with Gasteiger partial charge in [0.2, 0.25) is 0 Å². The second-order valence-corrected chi connectivity index (χ2v) is 9.13. The number of likely N-dealkylation sites (N-methyl/N-ethyl adjacent to an activating group) is 2. The molecule has 31 heavy (non-hydrogen) atoms. The molecule has 2 heterocycles. The summed E-state index contributed by atoms with van der Waals surface area (Å²) in [4.78, 5) is 30.2. The summed E-state index contributed by atoms with van der Waals surface area (Å²) in [6.45, 7) is 4.33. The van der Waals surface area contributed by atoms with Crippen LogP contribution in [0.5, 0.6) is 0 Å². The van der Waals surface area contributed by atoms with Gasteiger partial charge in [-0.3, -0.25) is 9.59 Å². The van der Waals surface area contributed by atoms with Crippen LogP contribution in [0.2, 0.25) is 0 Å². The van der Waals surface area contributed by atoms with Crippen molar-refractivity contribution in [2.75, 3.05) is 23.9 Å². The van der Waals surface area contributed by atoms with E-state index in [0.29, 0.717) is 10.4 Å². The molecular formula is C27H26N2O2. The lowest BCUT2D eigenvalue weighted by Crippen LogP contribution is -2.66. The number of nitrogens with zero attached hydrogens (tertiary/aromatic N) is 2. The first-order valence-electron chi connectivity index (χ1n) is 10.7. The molecule has 0 aliphatic carbocycles. The predicted octanol–water partition coefficient (Wildman–Crippen LogP) is 2.17. The fraction of sp³-hybridized carbons (Fsp3) is 0.259. The van der Waals surface area contributed by atoms with E-state index < -0.39 is 0 Å². The minimum absolute atomic E-state index is 0.0431. The molecule has 0 aromatic heterocycles. The van der Waals surface area contributed by atoms with E-state index in [-0.39, 0.29) is 28.4 Å². The minimum Gasteiger partial charge on any atom is -0.367 e. The van der Waals surface area contributed by atoms with Crippen molar-refractivity contribution in [1.29, 1.82) is 0 Å². The third kappa shape index (κ3) is 2.82. The molecule has 2 aliphatic rings. The maximum Gasteiger partial charge on any atom is 0.200 e. The van der Waals surface area contributed by atoms with Gasteiger partial charge in [0.15, 0.2) is 10.9 Å². The molecule has 2 aliphatic heterocycles. The summed E-state index contributed by atoms with van der Waals surface area (Å²) in [6, 6.07) is 16.2. The summed E-state index contributed by atoms with van der Waals surface area (Å²) in [7, 11) is 4.01. The third-order valence-electron chi connectivity index (χ3n) is 7.01. The summed E-state index contributed by atoms with van der Waals surface area (Å²) in [5.41, 5.74) is 4.14. The average molecular weight is 411 g/mol. The number of hydrogen-bond acceptors (Lipinski definition) is 4. The van der Waals surface area contributed by atoms with E-state index in [4.69, 9.17) is 0 Å². The molecule has 0 amide bonds. The van der Waals surface area contributed by atoms with Crippen molar-refractivity contribution in [2.24, 2.45) is 0 Å². The molecule has 3 aromatic rings. The molecule has 156 valence electrons. The highest BCUT2D eigenvalue weighted by atomic mass is 16.1. The topological polar surface area (TPSA) is 40.6 Å². The lowest BCUT2D eigenvalue weighted by Gasteiger charge is -2.30. The van der Waals surface area contributed by atoms with Crippen molar-refractivity contribution in [1.82, 2.24) is 0 Å². The van der Waals surface area contributed by atoms with Gasteiger partial charge in [0, 0.05) is 30.9 Å². The normalized spacial score (nSPS) is 21.2.